The van der Waals surface area contributed by atoms with Crippen molar-refractivity contribution in [1.82, 2.24) is 0 Å². The first-order valence-electron chi connectivity index (χ1n) is 22.5. The van der Waals surface area contributed by atoms with Crippen LogP contribution in [0.15, 0.2) is 36.4 Å². The van der Waals surface area contributed by atoms with E-state index in [0.29, 0.717) is 30.3 Å². The van der Waals surface area contributed by atoms with Crippen LogP contribution in [0.4, 0.5) is 0 Å². The third kappa shape index (κ3) is 9.01. The molecule has 5 aromatic rings. The molecule has 4 heterocycles. The van der Waals surface area contributed by atoms with Crippen LogP contribution in [-0.4, -0.2) is 192 Å². The number of fused-ring (bicyclic) bond motifs is 8. The van der Waals surface area contributed by atoms with Crippen LogP contribution in [0.2, 0.25) is 0 Å². The molecule has 0 spiro atoms. The highest BCUT2D eigenvalue weighted by molar-refractivity contribution is 6.08. The zero-order valence-corrected chi connectivity index (χ0v) is 39.5. The summed E-state index contributed by atoms with van der Waals surface area (Å²) in [6, 6.07) is 3.30. The molecular formula is C48H40O31. The molecular weight excluding hydrogens is 1070 g/mol. The highest BCUT2D eigenvalue weighted by Gasteiger charge is 2.53. The summed E-state index contributed by atoms with van der Waals surface area (Å²) >= 11 is 0. The number of carbonyl (C=O) groups excluding carboxylic acids is 5. The average Bonchev–Trinajstić information content (AvgIpc) is 3.43. The van der Waals surface area contributed by atoms with E-state index >= 15 is 0 Å². The maximum absolute atomic E-state index is 14.5. The number of aliphatic hydroxyl groups excluding tert-OH is 4. The Morgan fingerprint density at radius 1 is 0.544 bits per heavy atom. The Balaban J connectivity index is 1.08. The summed E-state index contributed by atoms with van der Waals surface area (Å²) in [4.78, 5) is 68.3. The number of aromatic hydroxyl groups is 13. The molecule has 31 nitrogen and oxygen atoms in total. The van der Waals surface area contributed by atoms with E-state index in [4.69, 9.17) is 42.6 Å². The summed E-state index contributed by atoms with van der Waals surface area (Å²) in [5.41, 5.74) is -7.22. The molecule has 418 valence electrons. The fourth-order valence-corrected chi connectivity index (χ4v) is 8.94. The minimum atomic E-state index is -2.46. The summed E-state index contributed by atoms with van der Waals surface area (Å²) in [6.07, 6.45) is -20.6. The van der Waals surface area contributed by atoms with Gasteiger partial charge in [0.2, 0.25) is 35.0 Å². The van der Waals surface area contributed by atoms with Crippen molar-refractivity contribution in [1.29, 1.82) is 0 Å². The van der Waals surface area contributed by atoms with Crippen LogP contribution in [0, 0.1) is 0 Å². The van der Waals surface area contributed by atoms with Gasteiger partial charge in [-0.15, -0.1) is 0 Å². The summed E-state index contributed by atoms with van der Waals surface area (Å²) in [5, 5.41) is 184. The number of ether oxygens (including phenoxy) is 9. The molecule has 10 atom stereocenters. The van der Waals surface area contributed by atoms with Gasteiger partial charge in [0, 0.05) is 28.8 Å². The molecule has 0 aromatic heterocycles. The molecule has 31 heteroatoms. The van der Waals surface area contributed by atoms with Gasteiger partial charge in [0.15, 0.2) is 81.6 Å². The number of rotatable bonds is 8. The number of benzene rings is 5. The molecule has 2 bridgehead atoms. The van der Waals surface area contributed by atoms with E-state index in [1.54, 1.807) is 0 Å². The van der Waals surface area contributed by atoms with Gasteiger partial charge in [-0.25, -0.2) is 24.0 Å². The van der Waals surface area contributed by atoms with Gasteiger partial charge in [-0.2, -0.15) is 0 Å². The Labute approximate surface area is 437 Å². The van der Waals surface area contributed by atoms with Gasteiger partial charge in [0.05, 0.1) is 29.4 Å². The van der Waals surface area contributed by atoms with Crippen molar-refractivity contribution in [3.05, 3.63) is 69.8 Å². The van der Waals surface area contributed by atoms with Crippen molar-refractivity contribution in [3.63, 3.8) is 0 Å². The largest absolute Gasteiger partial charge is 0.504 e. The number of phenolic OH excluding ortho intramolecular Hbond substituents is 13. The summed E-state index contributed by atoms with van der Waals surface area (Å²) in [7, 11) is 1.06. The maximum atomic E-state index is 14.5. The normalized spacial score (nSPS) is 24.3. The van der Waals surface area contributed by atoms with Gasteiger partial charge < -0.3 is 129 Å². The monoisotopic (exact) mass is 1110 g/mol. The van der Waals surface area contributed by atoms with Crippen molar-refractivity contribution in [2.75, 3.05) is 20.3 Å². The fraction of sp³-hybridized carbons (Fsp3) is 0.271. The highest BCUT2D eigenvalue weighted by Crippen LogP contribution is 2.56. The molecule has 9 rings (SSSR count). The number of hydrogen-bond acceptors (Lipinski definition) is 31. The minimum Gasteiger partial charge on any atom is -0.504 e. The fourth-order valence-electron chi connectivity index (χ4n) is 8.94. The Hall–Kier alpha value is -9.79. The topological polar surface area (TPSA) is 512 Å². The molecule has 79 heavy (non-hydrogen) atoms. The molecule has 0 amide bonds. The molecule has 17 N–H and O–H groups in total. The van der Waals surface area contributed by atoms with Crippen molar-refractivity contribution in [2.24, 2.45) is 0 Å². The first-order valence-corrected chi connectivity index (χ1v) is 22.5. The first kappa shape index (κ1) is 54.0. The van der Waals surface area contributed by atoms with Gasteiger partial charge >= 0.3 is 29.8 Å². The zero-order chi connectivity index (χ0) is 57.5. The van der Waals surface area contributed by atoms with Crippen LogP contribution in [0.5, 0.6) is 92.0 Å². The number of methoxy groups -OCH3 is 1. The Morgan fingerprint density at radius 2 is 1.11 bits per heavy atom. The van der Waals surface area contributed by atoms with Crippen molar-refractivity contribution in [3.8, 4) is 103 Å². The number of cyclic esters (lactones) is 1. The molecule has 4 aliphatic rings. The lowest BCUT2D eigenvalue weighted by molar-refractivity contribution is -0.284. The van der Waals surface area contributed by atoms with Crippen LogP contribution in [0.25, 0.3) is 11.1 Å². The lowest BCUT2D eigenvalue weighted by Crippen LogP contribution is -2.61. The standard InChI is InChI=1S/C48H40O31/c1-71-39-19(53)5-12-25(34(39)62)40-42(78-46(12)69)36(64)30(58)21(75-40)8-73-45(68)14-6-18(52)28(56)35(63)38(14)74-20-7-13-24(33(61)29(20)57)23-11(4-17(51)27(55)32(23)60)44(67)72-9-22-31(59)41(77-47(13)70)37(65)48(76-22)79-43(66)10-2-15(49)26(54)16(50)3-10/h2-7,21-22,30-31,36-37,40-42,48-65H,8-9H2,1H3/t21-,22-,30-,31-,36+,37-,40-,41+,42+,48+/m1/s1. The second-order valence-electron chi connectivity index (χ2n) is 17.6. The molecule has 0 saturated carbocycles. The Bertz CT molecular complexity index is 3380. The quantitative estimate of drug-likeness (QED) is 0.0547. The van der Waals surface area contributed by atoms with Crippen LogP contribution >= 0.6 is 0 Å². The molecule has 5 aromatic carbocycles. The lowest BCUT2D eigenvalue weighted by atomic mass is 9.86. The maximum Gasteiger partial charge on any atom is 0.342 e. The van der Waals surface area contributed by atoms with E-state index in [9.17, 15) is 111 Å². The number of carbonyl (C=O) groups is 5. The highest BCUT2D eigenvalue weighted by atomic mass is 16.7. The number of aliphatic hydroxyl groups is 4. The molecule has 0 unspecified atom stereocenters. The van der Waals surface area contributed by atoms with Gasteiger partial charge in [-0.05, 0) is 24.3 Å². The van der Waals surface area contributed by atoms with Gasteiger partial charge in [0.25, 0.3) is 0 Å². The molecule has 0 aliphatic carbocycles. The van der Waals surface area contributed by atoms with Crippen LogP contribution in [-0.2, 0) is 33.2 Å². The second-order valence-corrected chi connectivity index (χ2v) is 17.6. The van der Waals surface area contributed by atoms with E-state index in [2.05, 4.69) is 0 Å². The zero-order valence-electron chi connectivity index (χ0n) is 39.5. The smallest absolute Gasteiger partial charge is 0.342 e. The van der Waals surface area contributed by atoms with E-state index < -0.39 is 235 Å². The van der Waals surface area contributed by atoms with Gasteiger partial charge in [-0.3, -0.25) is 0 Å². The third-order valence-electron chi connectivity index (χ3n) is 12.9. The predicted molar refractivity (Wildman–Crippen MR) is 244 cm³/mol. The second kappa shape index (κ2) is 20.0. The Kier molecular flexibility index (Phi) is 13.7. The van der Waals surface area contributed by atoms with Crippen molar-refractivity contribution in [2.45, 2.75) is 61.2 Å². The number of hydrogen-bond donors (Lipinski definition) is 17. The lowest BCUT2D eigenvalue weighted by Gasteiger charge is -2.44. The molecule has 4 aliphatic heterocycles. The minimum absolute atomic E-state index is 0.370. The van der Waals surface area contributed by atoms with Crippen molar-refractivity contribution >= 4 is 29.8 Å². The Morgan fingerprint density at radius 3 is 1.77 bits per heavy atom. The third-order valence-corrected chi connectivity index (χ3v) is 12.9. The average molecular weight is 1110 g/mol. The number of phenols is 13. The SMILES string of the molecule is COc1c(O)cc2c(c1O)[C@H]1O[C@H](COC(=O)c3cc(O)c(O)c(O)c3Oc3cc4c(c(O)c3O)-c3c(cc(O)c(O)c3O)C(=O)OC[C@H]3O[C@@H](OC(=O)c5cc(O)c(O)c(O)c5)[C@H](O)[C@@H](OC4=O)[C@@H]3O)[C@@H](O)[C@H](O)[C@@H]1OC2=O. The van der Waals surface area contributed by atoms with Gasteiger partial charge in [0.1, 0.15) is 55.4 Å². The van der Waals surface area contributed by atoms with E-state index in [1.165, 1.54) is 0 Å². The summed E-state index contributed by atoms with van der Waals surface area (Å²) < 4.78 is 48.2. The van der Waals surface area contributed by atoms with Gasteiger partial charge in [-0.1, -0.05) is 0 Å². The molecule has 0 radical (unpaired) electrons. The molecule has 2 fully saturated rings. The summed E-state index contributed by atoms with van der Waals surface area (Å²) in [6.45, 7) is -2.21. The van der Waals surface area contributed by atoms with E-state index in [0.717, 1.165) is 13.2 Å². The van der Waals surface area contributed by atoms with E-state index in [1.807, 2.05) is 0 Å². The van der Waals surface area contributed by atoms with E-state index in [-0.39, 0.29) is 5.56 Å². The predicted octanol–water partition coefficient (Wildman–Crippen LogP) is -0.115. The first-order chi connectivity index (χ1) is 37.2. The van der Waals surface area contributed by atoms with Crippen LogP contribution in [0.1, 0.15) is 63.5 Å². The number of esters is 5. The van der Waals surface area contributed by atoms with Crippen molar-refractivity contribution < 1.29 is 153 Å². The van der Waals surface area contributed by atoms with Crippen LogP contribution < -0.4 is 9.47 Å². The summed E-state index contributed by atoms with van der Waals surface area (Å²) in [5.74, 6) is -27.2. The molecule has 2 saturated heterocycles. The van der Waals surface area contributed by atoms with Crippen LogP contribution in [0.3, 0.4) is 0 Å².